The highest BCUT2D eigenvalue weighted by atomic mass is 32.1. The van der Waals surface area contributed by atoms with Crippen LogP contribution >= 0.6 is 11.3 Å². The van der Waals surface area contributed by atoms with Crippen LogP contribution in [0.1, 0.15) is 17.5 Å². The van der Waals surface area contributed by atoms with Gasteiger partial charge in [0.2, 0.25) is 0 Å². The monoisotopic (exact) mass is 324 g/mol. The highest BCUT2D eigenvalue weighted by molar-refractivity contribution is 7.15. The zero-order valence-corrected chi connectivity index (χ0v) is 12.7. The summed E-state index contributed by atoms with van der Waals surface area (Å²) in [5.41, 5.74) is -0.679. The Morgan fingerprint density at radius 2 is 2.23 bits per heavy atom. The Balaban J connectivity index is 2.03. The van der Waals surface area contributed by atoms with Crippen molar-refractivity contribution < 1.29 is 14.9 Å². The lowest BCUT2D eigenvalue weighted by Crippen LogP contribution is -2.33. The molecule has 0 radical (unpaired) electrons. The standard InChI is InChI=1S/C14H16N2O5S/c1-7-2-3-11(22-7)8-5-16(14(20)15-13(8)19)12-4-9(18)10(6-17)21-12/h2-3,5,9-10,12,17-18H,4,6H2,1H3,(H,15,19,20)/t9-,10-,12-/m0/s1. The molecule has 1 saturated heterocycles. The number of aliphatic hydroxyl groups excluding tert-OH is 2. The second-order valence-electron chi connectivity index (χ2n) is 5.23. The zero-order chi connectivity index (χ0) is 15.9. The van der Waals surface area contributed by atoms with Gasteiger partial charge in [-0.3, -0.25) is 14.3 Å². The largest absolute Gasteiger partial charge is 0.394 e. The maximum Gasteiger partial charge on any atom is 0.330 e. The van der Waals surface area contributed by atoms with E-state index in [-0.39, 0.29) is 13.0 Å². The van der Waals surface area contributed by atoms with Crippen LogP contribution in [0, 0.1) is 6.92 Å². The van der Waals surface area contributed by atoms with Crippen molar-refractivity contribution in [3.63, 3.8) is 0 Å². The summed E-state index contributed by atoms with van der Waals surface area (Å²) < 4.78 is 6.72. The lowest BCUT2D eigenvalue weighted by molar-refractivity contribution is -0.0458. The second kappa shape index (κ2) is 5.81. The fourth-order valence-electron chi connectivity index (χ4n) is 2.50. The third-order valence-corrected chi connectivity index (χ3v) is 4.70. The minimum atomic E-state index is -0.846. The predicted octanol–water partition coefficient (Wildman–Crippen LogP) is 0.214. The number of rotatable bonds is 3. The van der Waals surface area contributed by atoms with Crippen molar-refractivity contribution in [2.75, 3.05) is 6.61 Å². The molecular formula is C14H16N2O5S. The van der Waals surface area contributed by atoms with Crippen molar-refractivity contribution in [3.8, 4) is 10.4 Å². The number of aliphatic hydroxyl groups is 2. The molecule has 3 atom stereocenters. The average molecular weight is 324 g/mol. The normalized spacial score (nSPS) is 24.8. The summed E-state index contributed by atoms with van der Waals surface area (Å²) in [6.07, 6.45) is -0.655. The highest BCUT2D eigenvalue weighted by Gasteiger charge is 2.35. The molecule has 2 aromatic rings. The Bertz CT molecular complexity index is 793. The predicted molar refractivity (Wildman–Crippen MR) is 81.0 cm³/mol. The molecule has 0 aromatic carbocycles. The molecule has 8 heteroatoms. The molecule has 22 heavy (non-hydrogen) atoms. The number of H-pyrrole nitrogens is 1. The Hall–Kier alpha value is -1.74. The highest BCUT2D eigenvalue weighted by Crippen LogP contribution is 2.29. The van der Waals surface area contributed by atoms with Crippen molar-refractivity contribution >= 4 is 11.3 Å². The fraction of sp³-hybridized carbons (Fsp3) is 0.429. The molecule has 0 aliphatic carbocycles. The third kappa shape index (κ3) is 2.66. The Labute approximate surface area is 129 Å². The summed E-state index contributed by atoms with van der Waals surface area (Å²) in [6, 6.07) is 3.72. The van der Waals surface area contributed by atoms with E-state index in [9.17, 15) is 14.7 Å². The van der Waals surface area contributed by atoms with Gasteiger partial charge in [0.1, 0.15) is 12.3 Å². The van der Waals surface area contributed by atoms with E-state index in [2.05, 4.69) is 4.98 Å². The number of nitrogens with zero attached hydrogens (tertiary/aromatic N) is 1. The Morgan fingerprint density at radius 3 is 2.82 bits per heavy atom. The summed E-state index contributed by atoms with van der Waals surface area (Å²) >= 11 is 1.45. The van der Waals surface area contributed by atoms with E-state index in [1.54, 1.807) is 0 Å². The summed E-state index contributed by atoms with van der Waals surface area (Å²) in [5.74, 6) is 0. The molecule has 1 fully saturated rings. The molecule has 3 rings (SSSR count). The van der Waals surface area contributed by atoms with Crippen molar-refractivity contribution in [2.45, 2.75) is 31.8 Å². The Morgan fingerprint density at radius 1 is 1.45 bits per heavy atom. The smallest absolute Gasteiger partial charge is 0.330 e. The molecule has 7 nitrogen and oxygen atoms in total. The SMILES string of the molecule is Cc1ccc(-c2cn([C@@H]3C[C@H](O)[C@H](CO)O3)c(=O)[nH]c2=O)s1. The summed E-state index contributed by atoms with van der Waals surface area (Å²) in [7, 11) is 0. The molecule has 0 amide bonds. The van der Waals surface area contributed by atoms with E-state index in [1.807, 2.05) is 19.1 Å². The van der Waals surface area contributed by atoms with Gasteiger partial charge in [-0.15, -0.1) is 11.3 Å². The van der Waals surface area contributed by atoms with Gasteiger partial charge in [0.15, 0.2) is 0 Å². The molecule has 0 spiro atoms. The molecule has 118 valence electrons. The first-order valence-electron chi connectivity index (χ1n) is 6.86. The number of ether oxygens (including phenoxy) is 1. The number of hydrogen-bond acceptors (Lipinski definition) is 6. The molecule has 3 N–H and O–H groups in total. The van der Waals surface area contributed by atoms with Crippen LogP contribution in [-0.4, -0.2) is 38.6 Å². The van der Waals surface area contributed by atoms with Gasteiger partial charge in [-0.05, 0) is 19.1 Å². The van der Waals surface area contributed by atoms with Crippen LogP contribution in [0.25, 0.3) is 10.4 Å². The molecule has 2 aromatic heterocycles. The summed E-state index contributed by atoms with van der Waals surface area (Å²) in [6.45, 7) is 1.60. The first kappa shape index (κ1) is 15.2. The van der Waals surface area contributed by atoms with Crippen molar-refractivity contribution in [3.05, 3.63) is 44.0 Å². The third-order valence-electron chi connectivity index (χ3n) is 3.67. The van der Waals surface area contributed by atoms with E-state index in [0.29, 0.717) is 5.56 Å². The van der Waals surface area contributed by atoms with Crippen LogP contribution in [0.2, 0.25) is 0 Å². The van der Waals surface area contributed by atoms with E-state index < -0.39 is 29.7 Å². The lowest BCUT2D eigenvalue weighted by atomic mass is 10.2. The van der Waals surface area contributed by atoms with Crippen molar-refractivity contribution in [1.82, 2.24) is 9.55 Å². The van der Waals surface area contributed by atoms with Crippen LogP contribution in [0.15, 0.2) is 27.9 Å². The number of hydrogen-bond donors (Lipinski definition) is 3. The van der Waals surface area contributed by atoms with Crippen LogP contribution in [-0.2, 0) is 4.74 Å². The van der Waals surface area contributed by atoms with Gasteiger partial charge in [0.05, 0.1) is 18.3 Å². The van der Waals surface area contributed by atoms with Crippen molar-refractivity contribution in [1.29, 1.82) is 0 Å². The molecule has 0 unspecified atom stereocenters. The van der Waals surface area contributed by atoms with E-state index >= 15 is 0 Å². The number of aromatic nitrogens is 2. The fourth-order valence-corrected chi connectivity index (χ4v) is 3.38. The molecule has 1 aliphatic rings. The van der Waals surface area contributed by atoms with Gasteiger partial charge < -0.3 is 14.9 Å². The molecule has 0 bridgehead atoms. The van der Waals surface area contributed by atoms with Crippen molar-refractivity contribution in [2.24, 2.45) is 0 Å². The number of aromatic amines is 1. The van der Waals surface area contributed by atoms with E-state index in [1.165, 1.54) is 22.1 Å². The minimum absolute atomic E-state index is 0.181. The molecule has 1 aliphatic heterocycles. The number of nitrogens with one attached hydrogen (secondary N) is 1. The zero-order valence-electron chi connectivity index (χ0n) is 11.9. The second-order valence-corrected chi connectivity index (χ2v) is 6.52. The molecule has 0 saturated carbocycles. The van der Waals surface area contributed by atoms with Crippen LogP contribution in [0.5, 0.6) is 0 Å². The Kier molecular flexibility index (Phi) is 4.00. The molecule has 3 heterocycles. The maximum absolute atomic E-state index is 12.0. The first-order valence-corrected chi connectivity index (χ1v) is 7.68. The molecular weight excluding hydrogens is 308 g/mol. The van der Waals surface area contributed by atoms with Gasteiger partial charge in [-0.2, -0.15) is 0 Å². The van der Waals surface area contributed by atoms with Gasteiger partial charge in [-0.1, -0.05) is 0 Å². The maximum atomic E-state index is 12.0. The lowest BCUT2D eigenvalue weighted by Gasteiger charge is -2.15. The van der Waals surface area contributed by atoms with Gasteiger partial charge in [0, 0.05) is 22.4 Å². The average Bonchev–Trinajstić information content (AvgIpc) is 3.05. The van der Waals surface area contributed by atoms with Crippen LogP contribution < -0.4 is 11.2 Å². The van der Waals surface area contributed by atoms with E-state index in [0.717, 1.165) is 9.75 Å². The minimum Gasteiger partial charge on any atom is -0.394 e. The topological polar surface area (TPSA) is 105 Å². The van der Waals surface area contributed by atoms with Gasteiger partial charge in [-0.25, -0.2) is 4.79 Å². The first-order chi connectivity index (χ1) is 10.5. The van der Waals surface area contributed by atoms with Crippen LogP contribution in [0.4, 0.5) is 0 Å². The quantitative estimate of drug-likeness (QED) is 0.749. The van der Waals surface area contributed by atoms with E-state index in [4.69, 9.17) is 9.84 Å². The van der Waals surface area contributed by atoms with Crippen LogP contribution in [0.3, 0.4) is 0 Å². The summed E-state index contributed by atoms with van der Waals surface area (Å²) in [4.78, 5) is 28.1. The van der Waals surface area contributed by atoms with Gasteiger partial charge >= 0.3 is 5.69 Å². The number of thiophene rings is 1. The van der Waals surface area contributed by atoms with Gasteiger partial charge in [0.25, 0.3) is 5.56 Å². The summed E-state index contributed by atoms with van der Waals surface area (Å²) in [5, 5.41) is 18.9. The number of aryl methyl sites for hydroxylation is 1.